The van der Waals surface area contributed by atoms with Crippen LogP contribution in [0.5, 0.6) is 0 Å². The van der Waals surface area contributed by atoms with E-state index in [2.05, 4.69) is 0 Å². The Morgan fingerprint density at radius 2 is 1.84 bits per heavy atom. The van der Waals surface area contributed by atoms with Gasteiger partial charge in [0.2, 0.25) is 0 Å². The molecule has 1 saturated carbocycles. The van der Waals surface area contributed by atoms with Crippen molar-refractivity contribution >= 4 is 11.8 Å². The van der Waals surface area contributed by atoms with Crippen LogP contribution in [-0.4, -0.2) is 40.3 Å². The predicted molar refractivity (Wildman–Crippen MR) is 121 cm³/mol. The van der Waals surface area contributed by atoms with Crippen LogP contribution in [0.3, 0.4) is 0 Å². The Hall–Kier alpha value is -2.24. The number of hydrogen-bond donors (Lipinski definition) is 2. The zero-order valence-electron chi connectivity index (χ0n) is 18.7. The van der Waals surface area contributed by atoms with Gasteiger partial charge in [0, 0.05) is 25.2 Å². The number of aliphatic hydroxyl groups excluding tert-OH is 2. The standard InChI is InChI=1S/C26H36O5/c1-19(2)31-26(30)13-9-4-3-8-12-22-23(25(29)18-24(22)28)17-16-21(27)15-14-20-10-6-5-7-11-20/h3,5-8,10-11,16-17,19,22-25,28-29H,4,9,12-15,18H2,1-2H3/b8-3-,17-16+/t22-,23-,24+,25+/m1/s1. The van der Waals surface area contributed by atoms with E-state index < -0.39 is 12.2 Å². The highest BCUT2D eigenvalue weighted by atomic mass is 16.5. The molecule has 2 N–H and O–H groups in total. The summed E-state index contributed by atoms with van der Waals surface area (Å²) in [5.74, 6) is -0.503. The molecule has 170 valence electrons. The SMILES string of the molecule is CC(C)OC(=O)CCC/C=C\C[C@@H]1[C@@H](/C=C/C(=O)CCc2ccccc2)[C@@H](O)C[C@@H]1O. The highest BCUT2D eigenvalue weighted by Crippen LogP contribution is 2.36. The van der Waals surface area contributed by atoms with Gasteiger partial charge in [-0.15, -0.1) is 0 Å². The quantitative estimate of drug-likeness (QED) is 0.226. The summed E-state index contributed by atoms with van der Waals surface area (Å²) in [7, 11) is 0. The van der Waals surface area contributed by atoms with Crippen molar-refractivity contribution in [3.63, 3.8) is 0 Å². The molecular weight excluding hydrogens is 392 g/mol. The van der Waals surface area contributed by atoms with Gasteiger partial charge in [-0.05, 0) is 57.1 Å². The molecule has 0 spiro atoms. The Labute approximate surface area is 185 Å². The second-order valence-electron chi connectivity index (χ2n) is 8.56. The van der Waals surface area contributed by atoms with Crippen LogP contribution in [0, 0.1) is 11.8 Å². The minimum absolute atomic E-state index is 0.0278. The van der Waals surface area contributed by atoms with Gasteiger partial charge < -0.3 is 14.9 Å². The molecule has 5 nitrogen and oxygen atoms in total. The van der Waals surface area contributed by atoms with Gasteiger partial charge in [-0.3, -0.25) is 9.59 Å². The fourth-order valence-electron chi connectivity index (χ4n) is 3.98. The van der Waals surface area contributed by atoms with E-state index in [0.717, 1.165) is 18.4 Å². The number of carbonyl (C=O) groups is 2. The fraction of sp³-hybridized carbons (Fsp3) is 0.538. The zero-order chi connectivity index (χ0) is 22.6. The Bertz CT molecular complexity index is 737. The Kier molecular flexibility index (Phi) is 10.7. The molecule has 1 aliphatic rings. The van der Waals surface area contributed by atoms with Crippen LogP contribution in [0.1, 0.15) is 57.9 Å². The largest absolute Gasteiger partial charge is 0.463 e. The van der Waals surface area contributed by atoms with Crippen molar-refractivity contribution in [2.45, 2.75) is 77.1 Å². The second kappa shape index (κ2) is 13.2. The normalized spacial score (nSPS) is 23.8. The van der Waals surface area contributed by atoms with Crippen molar-refractivity contribution in [3.05, 3.63) is 60.2 Å². The molecule has 5 heteroatoms. The smallest absolute Gasteiger partial charge is 0.306 e. The molecule has 0 aliphatic heterocycles. The van der Waals surface area contributed by atoms with Gasteiger partial charge in [0.15, 0.2) is 5.78 Å². The molecule has 2 rings (SSSR count). The molecule has 1 aromatic carbocycles. The fourth-order valence-corrected chi connectivity index (χ4v) is 3.98. The van der Waals surface area contributed by atoms with Crippen molar-refractivity contribution in [1.82, 2.24) is 0 Å². The lowest BCUT2D eigenvalue weighted by atomic mass is 9.89. The van der Waals surface area contributed by atoms with E-state index in [0.29, 0.717) is 32.1 Å². The highest BCUT2D eigenvalue weighted by Gasteiger charge is 2.39. The maximum Gasteiger partial charge on any atom is 0.306 e. The van der Waals surface area contributed by atoms with Crippen molar-refractivity contribution < 1.29 is 24.5 Å². The third-order valence-electron chi connectivity index (χ3n) is 5.62. The van der Waals surface area contributed by atoms with E-state index in [-0.39, 0.29) is 29.7 Å². The van der Waals surface area contributed by atoms with Gasteiger partial charge >= 0.3 is 5.97 Å². The van der Waals surface area contributed by atoms with Crippen molar-refractivity contribution in [1.29, 1.82) is 0 Å². The molecule has 31 heavy (non-hydrogen) atoms. The second-order valence-corrected chi connectivity index (χ2v) is 8.56. The molecule has 1 aliphatic carbocycles. The number of benzene rings is 1. The minimum atomic E-state index is -0.641. The van der Waals surface area contributed by atoms with E-state index in [1.54, 1.807) is 12.2 Å². The first-order valence-corrected chi connectivity index (χ1v) is 11.3. The number of aliphatic hydroxyl groups is 2. The number of hydrogen-bond acceptors (Lipinski definition) is 5. The van der Waals surface area contributed by atoms with Gasteiger partial charge in [0.25, 0.3) is 0 Å². The molecule has 1 aromatic rings. The van der Waals surface area contributed by atoms with Gasteiger partial charge in [-0.1, -0.05) is 48.6 Å². The van der Waals surface area contributed by atoms with E-state index in [1.807, 2.05) is 56.3 Å². The average molecular weight is 429 g/mol. The van der Waals surface area contributed by atoms with Crippen molar-refractivity contribution in [2.75, 3.05) is 0 Å². The zero-order valence-corrected chi connectivity index (χ0v) is 18.7. The maximum absolute atomic E-state index is 12.2. The first-order chi connectivity index (χ1) is 14.9. The van der Waals surface area contributed by atoms with Gasteiger partial charge in [-0.25, -0.2) is 0 Å². The summed E-state index contributed by atoms with van der Waals surface area (Å²) in [4.78, 5) is 23.8. The number of ketones is 1. The molecule has 4 atom stereocenters. The van der Waals surface area contributed by atoms with Crippen LogP contribution in [0.4, 0.5) is 0 Å². The molecular formula is C26H36O5. The van der Waals surface area contributed by atoms with E-state index in [4.69, 9.17) is 4.74 Å². The summed E-state index contributed by atoms with van der Waals surface area (Å²) >= 11 is 0. The third-order valence-corrected chi connectivity index (χ3v) is 5.62. The van der Waals surface area contributed by atoms with E-state index in [9.17, 15) is 19.8 Å². The van der Waals surface area contributed by atoms with Crippen LogP contribution in [0.2, 0.25) is 0 Å². The molecule has 0 aromatic heterocycles. The molecule has 0 radical (unpaired) electrons. The van der Waals surface area contributed by atoms with E-state index in [1.165, 1.54) is 0 Å². The Balaban J connectivity index is 1.77. The lowest BCUT2D eigenvalue weighted by molar-refractivity contribution is -0.147. The lowest BCUT2D eigenvalue weighted by Gasteiger charge is -2.19. The molecule has 0 unspecified atom stereocenters. The number of aryl methyl sites for hydroxylation is 1. The van der Waals surface area contributed by atoms with Crippen molar-refractivity contribution in [3.8, 4) is 0 Å². The average Bonchev–Trinajstić information content (AvgIpc) is 3.00. The minimum Gasteiger partial charge on any atom is -0.463 e. The first-order valence-electron chi connectivity index (χ1n) is 11.3. The van der Waals surface area contributed by atoms with E-state index >= 15 is 0 Å². The molecule has 0 saturated heterocycles. The number of carbonyl (C=O) groups excluding carboxylic acids is 2. The Morgan fingerprint density at radius 3 is 2.55 bits per heavy atom. The number of allylic oxidation sites excluding steroid dienone is 3. The van der Waals surface area contributed by atoms with Gasteiger partial charge in [0.05, 0.1) is 18.3 Å². The number of esters is 1. The molecule has 0 amide bonds. The summed E-state index contributed by atoms with van der Waals surface area (Å²) < 4.78 is 5.11. The van der Waals surface area contributed by atoms with Crippen LogP contribution >= 0.6 is 0 Å². The highest BCUT2D eigenvalue weighted by molar-refractivity contribution is 5.89. The monoisotopic (exact) mass is 428 g/mol. The first kappa shape index (κ1) is 25.0. The summed E-state index contributed by atoms with van der Waals surface area (Å²) in [5.41, 5.74) is 1.13. The van der Waals surface area contributed by atoms with Gasteiger partial charge in [-0.2, -0.15) is 0 Å². The third kappa shape index (κ3) is 9.19. The summed E-state index contributed by atoms with van der Waals surface area (Å²) in [6.45, 7) is 3.67. The summed E-state index contributed by atoms with van der Waals surface area (Å²) in [6.07, 6.45) is 9.96. The predicted octanol–water partition coefficient (Wildman–Crippen LogP) is 4.17. The Morgan fingerprint density at radius 1 is 1.10 bits per heavy atom. The van der Waals surface area contributed by atoms with Crippen molar-refractivity contribution in [2.24, 2.45) is 11.8 Å². The number of rotatable bonds is 12. The summed E-state index contributed by atoms with van der Waals surface area (Å²) in [5, 5.41) is 20.7. The van der Waals surface area contributed by atoms with Crippen LogP contribution in [0.15, 0.2) is 54.6 Å². The summed E-state index contributed by atoms with van der Waals surface area (Å²) in [6, 6.07) is 9.88. The number of ether oxygens (including phenoxy) is 1. The van der Waals surface area contributed by atoms with Crippen LogP contribution < -0.4 is 0 Å². The molecule has 0 bridgehead atoms. The van der Waals surface area contributed by atoms with Crippen LogP contribution in [0.25, 0.3) is 0 Å². The van der Waals surface area contributed by atoms with Crippen LogP contribution in [-0.2, 0) is 20.7 Å². The maximum atomic E-state index is 12.2. The van der Waals surface area contributed by atoms with Gasteiger partial charge in [0.1, 0.15) is 0 Å². The topological polar surface area (TPSA) is 83.8 Å². The molecule has 1 fully saturated rings. The lowest BCUT2D eigenvalue weighted by Crippen LogP contribution is -2.20. The number of unbranched alkanes of at least 4 members (excludes halogenated alkanes) is 1. The molecule has 0 heterocycles.